The van der Waals surface area contributed by atoms with Gasteiger partial charge in [-0.2, -0.15) is 0 Å². The molecule has 1 aromatic heterocycles. The summed E-state index contributed by atoms with van der Waals surface area (Å²) >= 11 is 7.19. The highest BCUT2D eigenvalue weighted by Gasteiger charge is 2.33. The molecule has 0 radical (unpaired) electrons. The molecule has 1 heterocycles. The molecule has 3 rings (SSSR count). The van der Waals surface area contributed by atoms with Crippen LogP contribution >= 0.6 is 22.9 Å². The van der Waals surface area contributed by atoms with Crippen LogP contribution in [-0.4, -0.2) is 16.2 Å². The summed E-state index contributed by atoms with van der Waals surface area (Å²) in [7, 11) is 0. The lowest BCUT2D eigenvalue weighted by Crippen LogP contribution is -2.33. The van der Waals surface area contributed by atoms with Gasteiger partial charge in [-0.3, -0.25) is 5.32 Å². The molecular weight excluding hydrogens is 296 g/mol. The van der Waals surface area contributed by atoms with E-state index in [1.54, 1.807) is 5.51 Å². The zero-order valence-electron chi connectivity index (χ0n) is 10.5. The Balaban J connectivity index is 1.68. The van der Waals surface area contributed by atoms with E-state index in [9.17, 15) is 4.79 Å². The summed E-state index contributed by atoms with van der Waals surface area (Å²) in [5, 5.41) is 14.3. The van der Waals surface area contributed by atoms with Gasteiger partial charge in [0.25, 0.3) is 0 Å². The predicted molar refractivity (Wildman–Crippen MR) is 79.0 cm³/mol. The molecule has 20 heavy (non-hydrogen) atoms. The zero-order valence-corrected chi connectivity index (χ0v) is 12.1. The molecule has 0 bridgehead atoms. The number of carbonyl (C=O) groups is 1. The lowest BCUT2D eigenvalue weighted by molar-refractivity contribution is 0.247. The number of hydrogen-bond acceptors (Lipinski definition) is 4. The fourth-order valence-electron chi connectivity index (χ4n) is 2.07. The number of halogens is 1. The van der Waals surface area contributed by atoms with Crippen molar-refractivity contribution in [1.82, 2.24) is 15.5 Å². The normalized spacial score (nSPS) is 15.7. The first-order chi connectivity index (χ1) is 9.72. The lowest BCUT2D eigenvalue weighted by atomic mass is 10.0. The van der Waals surface area contributed by atoms with Crippen molar-refractivity contribution in [1.29, 1.82) is 0 Å². The van der Waals surface area contributed by atoms with Crippen molar-refractivity contribution < 1.29 is 4.79 Å². The van der Waals surface area contributed by atoms with Gasteiger partial charge < -0.3 is 5.32 Å². The average Bonchev–Trinajstić information content (AvgIpc) is 3.16. The van der Waals surface area contributed by atoms with Crippen LogP contribution in [0.1, 0.15) is 24.4 Å². The molecular formula is C13H13ClN4OS. The zero-order chi connectivity index (χ0) is 13.9. The molecule has 1 fully saturated rings. The molecule has 0 unspecified atom stereocenters. The minimum absolute atomic E-state index is 0.0141. The number of rotatable bonds is 4. The summed E-state index contributed by atoms with van der Waals surface area (Å²) in [6.45, 7) is 0. The van der Waals surface area contributed by atoms with Crippen molar-refractivity contribution >= 4 is 34.1 Å². The molecule has 7 heteroatoms. The van der Waals surface area contributed by atoms with Gasteiger partial charge in [0.05, 0.1) is 6.04 Å². The van der Waals surface area contributed by atoms with Crippen molar-refractivity contribution in [3.8, 4) is 0 Å². The molecule has 1 saturated carbocycles. The third kappa shape index (κ3) is 3.26. The molecule has 0 spiro atoms. The highest BCUT2D eigenvalue weighted by molar-refractivity contribution is 7.13. The Morgan fingerprint density at radius 2 is 2.10 bits per heavy atom. The lowest BCUT2D eigenvalue weighted by Gasteiger charge is -2.18. The maximum Gasteiger partial charge on any atom is 0.321 e. The van der Waals surface area contributed by atoms with Gasteiger partial charge in [-0.1, -0.05) is 35.1 Å². The number of nitrogens with zero attached hydrogens (tertiary/aromatic N) is 2. The van der Waals surface area contributed by atoms with Gasteiger partial charge in [0, 0.05) is 5.02 Å². The van der Waals surface area contributed by atoms with Crippen molar-refractivity contribution in [2.24, 2.45) is 5.92 Å². The van der Waals surface area contributed by atoms with Gasteiger partial charge in [-0.15, -0.1) is 10.2 Å². The van der Waals surface area contributed by atoms with Gasteiger partial charge in [0.2, 0.25) is 5.13 Å². The highest BCUT2D eigenvalue weighted by Crippen LogP contribution is 2.41. The number of aromatic nitrogens is 2. The number of anilines is 1. The van der Waals surface area contributed by atoms with Gasteiger partial charge in [-0.25, -0.2) is 4.79 Å². The fraction of sp³-hybridized carbons (Fsp3) is 0.308. The smallest absolute Gasteiger partial charge is 0.321 e. The maximum atomic E-state index is 12.0. The highest BCUT2D eigenvalue weighted by atomic mass is 35.5. The standard InChI is InChI=1S/C13H13ClN4OS/c14-10-5-3-9(4-6-10)11(8-1-2-8)16-12(19)17-13-18-15-7-20-13/h3-8,11H,1-2H2,(H2,16,17,18,19)/t11-/m0/s1. The Bertz CT molecular complexity index is 583. The molecule has 5 nitrogen and oxygen atoms in total. The predicted octanol–water partition coefficient (Wildman–Crippen LogP) is 3.46. The number of nitrogens with one attached hydrogen (secondary N) is 2. The first kappa shape index (κ1) is 13.3. The van der Waals surface area contributed by atoms with Crippen LogP contribution in [0.15, 0.2) is 29.8 Å². The number of hydrogen-bond donors (Lipinski definition) is 2. The summed E-state index contributed by atoms with van der Waals surface area (Å²) in [5.41, 5.74) is 2.65. The van der Waals surface area contributed by atoms with E-state index in [0.717, 1.165) is 18.4 Å². The van der Waals surface area contributed by atoms with E-state index in [1.165, 1.54) is 11.3 Å². The van der Waals surface area contributed by atoms with Crippen LogP contribution in [0.25, 0.3) is 0 Å². The molecule has 2 aromatic rings. The second-order valence-corrected chi connectivity index (χ2v) is 5.98. The van der Waals surface area contributed by atoms with Crippen molar-refractivity contribution in [2.45, 2.75) is 18.9 Å². The van der Waals surface area contributed by atoms with Crippen molar-refractivity contribution in [2.75, 3.05) is 5.32 Å². The van der Waals surface area contributed by atoms with Crippen LogP contribution in [0.3, 0.4) is 0 Å². The van der Waals surface area contributed by atoms with Gasteiger partial charge in [0.1, 0.15) is 5.51 Å². The van der Waals surface area contributed by atoms with E-state index < -0.39 is 0 Å². The number of benzene rings is 1. The van der Waals surface area contributed by atoms with E-state index in [1.807, 2.05) is 24.3 Å². The monoisotopic (exact) mass is 308 g/mol. The van der Waals surface area contributed by atoms with Crippen LogP contribution in [0.4, 0.5) is 9.93 Å². The van der Waals surface area contributed by atoms with Crippen molar-refractivity contribution in [3.63, 3.8) is 0 Å². The Labute approximate surface area is 125 Å². The van der Waals surface area contributed by atoms with E-state index in [4.69, 9.17) is 11.6 Å². The number of urea groups is 1. The molecule has 0 aliphatic heterocycles. The van der Waals surface area contributed by atoms with Gasteiger partial charge >= 0.3 is 6.03 Å². The SMILES string of the molecule is O=C(Nc1nncs1)N[C@H](c1ccc(Cl)cc1)C1CC1. The minimum Gasteiger partial charge on any atom is -0.331 e. The maximum absolute atomic E-state index is 12.0. The average molecular weight is 309 g/mol. The number of amides is 2. The van der Waals surface area contributed by atoms with E-state index in [0.29, 0.717) is 16.1 Å². The molecule has 0 saturated heterocycles. The van der Waals surface area contributed by atoms with E-state index in [-0.39, 0.29) is 12.1 Å². The van der Waals surface area contributed by atoms with Crippen LogP contribution < -0.4 is 10.6 Å². The summed E-state index contributed by atoms with van der Waals surface area (Å²) in [5.74, 6) is 0.497. The third-order valence-electron chi connectivity index (χ3n) is 3.19. The topological polar surface area (TPSA) is 66.9 Å². The molecule has 1 aromatic carbocycles. The number of carbonyl (C=O) groups excluding carboxylic acids is 1. The largest absolute Gasteiger partial charge is 0.331 e. The van der Waals surface area contributed by atoms with Gasteiger partial charge in [0.15, 0.2) is 0 Å². The summed E-state index contributed by atoms with van der Waals surface area (Å²) in [6.07, 6.45) is 2.26. The van der Waals surface area contributed by atoms with Crippen LogP contribution in [0.5, 0.6) is 0 Å². The second-order valence-electron chi connectivity index (χ2n) is 4.71. The second kappa shape index (κ2) is 5.76. The summed E-state index contributed by atoms with van der Waals surface area (Å²) in [4.78, 5) is 12.0. The molecule has 1 aliphatic rings. The van der Waals surface area contributed by atoms with E-state index >= 15 is 0 Å². The Kier molecular flexibility index (Phi) is 3.84. The third-order valence-corrected chi connectivity index (χ3v) is 4.05. The summed E-state index contributed by atoms with van der Waals surface area (Å²) < 4.78 is 0. The quantitative estimate of drug-likeness (QED) is 0.909. The Morgan fingerprint density at radius 3 is 2.70 bits per heavy atom. The molecule has 2 N–H and O–H groups in total. The van der Waals surface area contributed by atoms with Crippen LogP contribution in [-0.2, 0) is 0 Å². The molecule has 1 atom stereocenters. The Morgan fingerprint density at radius 1 is 1.35 bits per heavy atom. The van der Waals surface area contributed by atoms with Crippen LogP contribution in [0, 0.1) is 5.92 Å². The molecule has 2 amide bonds. The van der Waals surface area contributed by atoms with E-state index in [2.05, 4.69) is 20.8 Å². The Hall–Kier alpha value is -1.66. The first-order valence-corrected chi connectivity index (χ1v) is 7.57. The first-order valence-electron chi connectivity index (χ1n) is 6.31. The fourth-order valence-corrected chi connectivity index (χ4v) is 2.64. The van der Waals surface area contributed by atoms with Gasteiger partial charge in [-0.05, 0) is 36.5 Å². The molecule has 104 valence electrons. The summed E-state index contributed by atoms with van der Waals surface area (Å²) in [6, 6.07) is 7.36. The van der Waals surface area contributed by atoms with Crippen LogP contribution in [0.2, 0.25) is 5.02 Å². The minimum atomic E-state index is -0.256. The van der Waals surface area contributed by atoms with Crippen molar-refractivity contribution in [3.05, 3.63) is 40.4 Å². The molecule has 1 aliphatic carbocycles.